The van der Waals surface area contributed by atoms with Gasteiger partial charge in [-0.05, 0) is 6.92 Å². The van der Waals surface area contributed by atoms with Crippen LogP contribution in [0.2, 0.25) is 5.15 Å². The van der Waals surface area contributed by atoms with Gasteiger partial charge in [0.25, 0.3) is 5.78 Å². The highest BCUT2D eigenvalue weighted by molar-refractivity contribution is 6.33. The number of anilines is 1. The Labute approximate surface area is 171 Å². The number of aromatic nitrogens is 4. The third kappa shape index (κ3) is 4.38. The number of fused-ring (bicyclic) bond motifs is 1. The van der Waals surface area contributed by atoms with Gasteiger partial charge in [0, 0.05) is 25.2 Å². The first kappa shape index (κ1) is 22.0. The minimum atomic E-state index is -4.67. The SMILES string of the molecule is CC(Nc1c(-c2c(F)cc(OCCCO)cc2F)c(Cl)nc2ncnn12)C(F)(F)F. The fourth-order valence-corrected chi connectivity index (χ4v) is 2.84. The van der Waals surface area contributed by atoms with Crippen molar-refractivity contribution in [2.24, 2.45) is 0 Å². The molecule has 0 aliphatic rings. The number of halogens is 6. The maximum Gasteiger partial charge on any atom is 0.408 e. The van der Waals surface area contributed by atoms with Crippen LogP contribution in [0.5, 0.6) is 5.75 Å². The molecule has 13 heteroatoms. The highest BCUT2D eigenvalue weighted by Gasteiger charge is 2.37. The molecule has 0 saturated carbocycles. The molecular weight excluding hydrogens is 437 g/mol. The number of aliphatic hydroxyl groups is 1. The fraction of sp³-hybridized carbons (Fsp3) is 0.353. The Morgan fingerprint density at radius 2 is 1.90 bits per heavy atom. The highest BCUT2D eigenvalue weighted by atomic mass is 35.5. The molecule has 3 rings (SSSR count). The first-order valence-corrected chi connectivity index (χ1v) is 8.96. The lowest BCUT2D eigenvalue weighted by molar-refractivity contribution is -0.138. The van der Waals surface area contributed by atoms with Crippen molar-refractivity contribution in [3.63, 3.8) is 0 Å². The maximum atomic E-state index is 14.8. The van der Waals surface area contributed by atoms with Crippen molar-refractivity contribution in [2.45, 2.75) is 25.6 Å². The molecule has 0 radical (unpaired) electrons. The number of benzene rings is 1. The number of ether oxygens (including phenoxy) is 1. The Morgan fingerprint density at radius 3 is 2.50 bits per heavy atom. The van der Waals surface area contributed by atoms with Gasteiger partial charge >= 0.3 is 6.18 Å². The van der Waals surface area contributed by atoms with Crippen molar-refractivity contribution in [1.29, 1.82) is 0 Å². The van der Waals surface area contributed by atoms with Crippen molar-refractivity contribution < 1.29 is 31.8 Å². The lowest BCUT2D eigenvalue weighted by Gasteiger charge is -2.21. The molecule has 30 heavy (non-hydrogen) atoms. The molecule has 0 bridgehead atoms. The van der Waals surface area contributed by atoms with Gasteiger partial charge in [0.1, 0.15) is 40.7 Å². The second kappa shape index (κ2) is 8.56. The Kier molecular flexibility index (Phi) is 6.27. The van der Waals surface area contributed by atoms with Crippen LogP contribution in [-0.2, 0) is 0 Å². The number of aliphatic hydroxyl groups excluding tert-OH is 1. The molecule has 7 nitrogen and oxygen atoms in total. The van der Waals surface area contributed by atoms with Gasteiger partial charge in [-0.3, -0.25) is 0 Å². The summed E-state index contributed by atoms with van der Waals surface area (Å²) in [5, 5.41) is 14.2. The van der Waals surface area contributed by atoms with E-state index in [4.69, 9.17) is 21.4 Å². The van der Waals surface area contributed by atoms with E-state index in [2.05, 4.69) is 20.4 Å². The standard InChI is InChI=1S/C17H15ClF5N5O2/c1-8(17(21,22)23)26-15-13(14(18)27-16-24-7-25-28(15)16)12-10(19)5-9(6-11(12)20)30-4-2-3-29/h5-8,26,29H,2-4H2,1H3. The molecule has 0 aliphatic heterocycles. The van der Waals surface area contributed by atoms with E-state index in [0.29, 0.717) is 0 Å². The summed E-state index contributed by atoms with van der Waals surface area (Å²) < 4.78 is 75.0. The second-order valence-electron chi connectivity index (χ2n) is 6.19. The van der Waals surface area contributed by atoms with E-state index in [-0.39, 0.29) is 31.2 Å². The summed E-state index contributed by atoms with van der Waals surface area (Å²) in [4.78, 5) is 7.60. The van der Waals surface area contributed by atoms with E-state index in [1.54, 1.807) is 0 Å². The van der Waals surface area contributed by atoms with Crippen LogP contribution in [0.25, 0.3) is 16.9 Å². The van der Waals surface area contributed by atoms with E-state index < -0.39 is 46.0 Å². The molecule has 0 spiro atoms. The molecule has 1 unspecified atom stereocenters. The summed E-state index contributed by atoms with van der Waals surface area (Å²) in [6.07, 6.45) is -3.41. The van der Waals surface area contributed by atoms with Crippen molar-refractivity contribution in [1.82, 2.24) is 19.6 Å². The van der Waals surface area contributed by atoms with Gasteiger partial charge in [-0.15, -0.1) is 0 Å². The zero-order valence-electron chi connectivity index (χ0n) is 15.3. The Morgan fingerprint density at radius 1 is 1.23 bits per heavy atom. The molecule has 2 heterocycles. The largest absolute Gasteiger partial charge is 0.493 e. The quantitative estimate of drug-likeness (QED) is 0.322. The average molecular weight is 452 g/mol. The third-order valence-electron chi connectivity index (χ3n) is 4.06. The van der Waals surface area contributed by atoms with Gasteiger partial charge in [0.2, 0.25) is 0 Å². The van der Waals surface area contributed by atoms with Crippen molar-refractivity contribution in [2.75, 3.05) is 18.5 Å². The molecule has 2 aromatic heterocycles. The number of hydrogen-bond acceptors (Lipinski definition) is 6. The monoisotopic (exact) mass is 451 g/mol. The van der Waals surface area contributed by atoms with Crippen LogP contribution in [0.4, 0.5) is 27.8 Å². The minimum Gasteiger partial charge on any atom is -0.493 e. The van der Waals surface area contributed by atoms with E-state index in [1.165, 1.54) is 0 Å². The average Bonchev–Trinajstić information content (AvgIpc) is 3.10. The number of nitrogens with zero attached hydrogens (tertiary/aromatic N) is 4. The molecule has 162 valence electrons. The van der Waals surface area contributed by atoms with Crippen LogP contribution in [0.1, 0.15) is 13.3 Å². The summed E-state index contributed by atoms with van der Waals surface area (Å²) in [5.74, 6) is -3.03. The molecule has 3 aromatic rings. The summed E-state index contributed by atoms with van der Waals surface area (Å²) >= 11 is 6.08. The van der Waals surface area contributed by atoms with Crippen molar-refractivity contribution in [3.05, 3.63) is 35.2 Å². The van der Waals surface area contributed by atoms with Crippen LogP contribution in [0.15, 0.2) is 18.5 Å². The Bertz CT molecular complexity index is 1040. The number of alkyl halides is 3. The summed E-state index contributed by atoms with van der Waals surface area (Å²) in [6.45, 7) is 0.665. The predicted molar refractivity (Wildman–Crippen MR) is 97.5 cm³/mol. The van der Waals surface area contributed by atoms with Gasteiger partial charge < -0.3 is 15.2 Å². The molecule has 0 fully saturated rings. The van der Waals surface area contributed by atoms with Crippen molar-refractivity contribution >= 4 is 23.2 Å². The number of rotatable bonds is 7. The molecular formula is C17H15ClF5N5O2. The lowest BCUT2D eigenvalue weighted by atomic mass is 10.1. The lowest BCUT2D eigenvalue weighted by Crippen LogP contribution is -2.34. The van der Waals surface area contributed by atoms with Crippen LogP contribution >= 0.6 is 11.6 Å². The van der Waals surface area contributed by atoms with Crippen LogP contribution in [0, 0.1) is 11.6 Å². The second-order valence-corrected chi connectivity index (χ2v) is 6.55. The van der Waals surface area contributed by atoms with E-state index in [0.717, 1.165) is 29.9 Å². The van der Waals surface area contributed by atoms with E-state index in [9.17, 15) is 22.0 Å². The van der Waals surface area contributed by atoms with Gasteiger partial charge in [-0.25, -0.2) is 8.78 Å². The van der Waals surface area contributed by atoms with Gasteiger partial charge in [0.15, 0.2) is 0 Å². The molecule has 1 atom stereocenters. The van der Waals surface area contributed by atoms with Crippen molar-refractivity contribution in [3.8, 4) is 16.9 Å². The predicted octanol–water partition coefficient (Wildman–Crippen LogP) is 3.85. The molecule has 1 aromatic carbocycles. The molecule has 0 saturated heterocycles. The zero-order valence-corrected chi connectivity index (χ0v) is 16.1. The van der Waals surface area contributed by atoms with Crippen LogP contribution in [0.3, 0.4) is 0 Å². The maximum absolute atomic E-state index is 14.8. The van der Waals surface area contributed by atoms with E-state index in [1.807, 2.05) is 0 Å². The highest BCUT2D eigenvalue weighted by Crippen LogP contribution is 2.39. The summed E-state index contributed by atoms with van der Waals surface area (Å²) in [6, 6.07) is -0.391. The number of nitrogens with one attached hydrogen (secondary N) is 1. The Balaban J connectivity index is 2.16. The first-order valence-electron chi connectivity index (χ1n) is 8.59. The zero-order chi connectivity index (χ0) is 22.1. The van der Waals surface area contributed by atoms with Gasteiger partial charge in [-0.2, -0.15) is 32.8 Å². The van der Waals surface area contributed by atoms with Gasteiger partial charge in [0.05, 0.1) is 17.7 Å². The summed E-state index contributed by atoms with van der Waals surface area (Å²) in [5.41, 5.74) is -1.17. The smallest absolute Gasteiger partial charge is 0.408 e. The summed E-state index contributed by atoms with van der Waals surface area (Å²) in [7, 11) is 0. The minimum absolute atomic E-state index is 0.0118. The van der Waals surface area contributed by atoms with Crippen LogP contribution < -0.4 is 10.1 Å². The topological polar surface area (TPSA) is 84.6 Å². The van der Waals surface area contributed by atoms with E-state index >= 15 is 0 Å². The van der Waals surface area contributed by atoms with Crippen LogP contribution in [-0.4, -0.2) is 50.1 Å². The molecule has 0 aliphatic carbocycles. The first-order chi connectivity index (χ1) is 14.1. The number of hydrogen-bond donors (Lipinski definition) is 2. The molecule has 2 N–H and O–H groups in total. The van der Waals surface area contributed by atoms with Gasteiger partial charge in [-0.1, -0.05) is 11.6 Å². The Hall–Kier alpha value is -2.73. The third-order valence-corrected chi connectivity index (χ3v) is 4.34. The fourth-order valence-electron chi connectivity index (χ4n) is 2.59. The normalized spacial score (nSPS) is 12.9. The molecule has 0 amide bonds.